The van der Waals surface area contributed by atoms with Crippen LogP contribution < -0.4 is 10.4 Å². The van der Waals surface area contributed by atoms with E-state index in [1.165, 1.54) is 4.90 Å². The van der Waals surface area contributed by atoms with E-state index in [1.54, 1.807) is 24.4 Å². The zero-order valence-electron chi connectivity index (χ0n) is 31.7. The van der Waals surface area contributed by atoms with Crippen LogP contribution in [0.1, 0.15) is 64.6 Å². The average Bonchev–Trinajstić information content (AvgIpc) is 3.41. The summed E-state index contributed by atoms with van der Waals surface area (Å²) in [5.41, 5.74) is 3.76. The number of hydrogen-bond donors (Lipinski definition) is 3. The molecule has 0 saturated carbocycles. The third kappa shape index (κ3) is 7.77. The Labute approximate surface area is 320 Å². The van der Waals surface area contributed by atoms with Gasteiger partial charge in [-0.25, -0.2) is 0 Å². The van der Waals surface area contributed by atoms with E-state index in [1.807, 2.05) is 73.7 Å². The number of nitrogens with zero attached hydrogens (tertiary/aromatic N) is 2. The average molecular weight is 745 g/mol. The van der Waals surface area contributed by atoms with E-state index in [9.17, 15) is 24.9 Å². The van der Waals surface area contributed by atoms with Crippen LogP contribution in [0.15, 0.2) is 120 Å². The second kappa shape index (κ2) is 16.8. The van der Waals surface area contributed by atoms with Crippen LogP contribution in [0.5, 0.6) is 5.75 Å². The summed E-state index contributed by atoms with van der Waals surface area (Å²) in [7, 11) is -3.03. The van der Waals surface area contributed by atoms with Gasteiger partial charge in [0.15, 0.2) is 0 Å². The van der Waals surface area contributed by atoms with Crippen molar-refractivity contribution in [2.45, 2.75) is 64.5 Å². The number of aromatic nitrogens is 1. The largest absolute Gasteiger partial charge is 0.508 e. The smallest absolute Gasteiger partial charge is 0.261 e. The SMILES string of the molecule is CCCN1C(=O)[C@@H]2[C@@H](CC(CO[Si](c3ccccc3)(c3ccccc3)C(C)(C)C)=C([C@H](O)CC/C(=C/c3cccc(O)c3)c3ccccn3)[C@@H]2CO)C1=O. The summed E-state index contributed by atoms with van der Waals surface area (Å²) in [5, 5.41) is 35.5. The molecule has 8 nitrogen and oxygen atoms in total. The third-order valence-electron chi connectivity index (χ3n) is 11.1. The van der Waals surface area contributed by atoms with E-state index < -0.39 is 32.2 Å². The lowest BCUT2D eigenvalue weighted by Crippen LogP contribution is -2.66. The van der Waals surface area contributed by atoms with Gasteiger partial charge in [0, 0.05) is 18.7 Å². The van der Waals surface area contributed by atoms with Crippen LogP contribution in [0.25, 0.3) is 11.6 Å². The molecule has 4 aromatic rings. The first kappa shape index (κ1) is 39.0. The molecule has 4 atom stereocenters. The van der Waals surface area contributed by atoms with Gasteiger partial charge in [-0.3, -0.25) is 19.5 Å². The zero-order chi connectivity index (χ0) is 38.5. The van der Waals surface area contributed by atoms with Gasteiger partial charge in [0.2, 0.25) is 11.8 Å². The molecule has 3 N–H and O–H groups in total. The summed E-state index contributed by atoms with van der Waals surface area (Å²) in [6.45, 7) is 8.62. The fourth-order valence-corrected chi connectivity index (χ4v) is 13.2. The second-order valence-corrected chi connectivity index (χ2v) is 19.8. The van der Waals surface area contributed by atoms with Crippen molar-refractivity contribution in [3.63, 3.8) is 0 Å². The minimum atomic E-state index is -3.03. The number of benzene rings is 3. The van der Waals surface area contributed by atoms with Crippen molar-refractivity contribution < 1.29 is 29.3 Å². The van der Waals surface area contributed by atoms with Crippen molar-refractivity contribution in [1.82, 2.24) is 9.88 Å². The predicted octanol–water partition coefficient (Wildman–Crippen LogP) is 6.37. The Bertz CT molecular complexity index is 1940. The van der Waals surface area contributed by atoms with Crippen molar-refractivity contribution in [3.8, 4) is 5.75 Å². The molecule has 1 aliphatic carbocycles. The summed E-state index contributed by atoms with van der Waals surface area (Å²) in [6.07, 6.45) is 4.23. The van der Waals surface area contributed by atoms with E-state index in [4.69, 9.17) is 4.43 Å². The van der Waals surface area contributed by atoms with Gasteiger partial charge in [-0.15, -0.1) is 0 Å². The number of fused-ring (bicyclic) bond motifs is 1. The number of amides is 2. The Kier molecular flexibility index (Phi) is 12.1. The standard InChI is InChI=1S/C45H52N2O6Si/c1-5-25-47-43(51)37-28-33(30-53-54(45(2,3)4,35-17-8-6-9-18-35)36-19-10-7-11-20-36)41(38(29-48)42(37)44(47)52)40(50)23-22-32(39-21-12-13-24-46-39)26-31-15-14-16-34(49)27-31/h6-21,24,26-27,37-38,40,42,48-50H,5,22-23,25,28-30H2,1-4H3/b32-26-/t37-,38+,40-,42-/m1/s1. The number of hydrogen-bond acceptors (Lipinski definition) is 7. The number of carbonyl (C=O) groups excluding carboxylic acids is 2. The highest BCUT2D eigenvalue weighted by Crippen LogP contribution is 2.47. The van der Waals surface area contributed by atoms with Crippen LogP contribution in [0, 0.1) is 17.8 Å². The number of phenolic OH excluding ortho intramolecular Hbond substituents is 1. The van der Waals surface area contributed by atoms with Gasteiger partial charge in [-0.1, -0.05) is 107 Å². The third-order valence-corrected chi connectivity index (χ3v) is 16.0. The molecular weight excluding hydrogens is 693 g/mol. The molecule has 2 aliphatic rings. The van der Waals surface area contributed by atoms with E-state index >= 15 is 0 Å². The zero-order valence-corrected chi connectivity index (χ0v) is 32.7. The van der Waals surface area contributed by atoms with Crippen LogP contribution in [0.3, 0.4) is 0 Å². The van der Waals surface area contributed by atoms with Crippen molar-refractivity contribution in [3.05, 3.63) is 132 Å². The Hall–Kier alpha value is -4.67. The molecule has 0 bridgehead atoms. The van der Waals surface area contributed by atoms with Crippen LogP contribution in [-0.2, 0) is 14.0 Å². The number of allylic oxidation sites excluding steroid dienone is 1. The van der Waals surface area contributed by atoms with E-state index in [0.717, 1.165) is 32.8 Å². The van der Waals surface area contributed by atoms with Gasteiger partial charge >= 0.3 is 0 Å². The molecule has 0 unspecified atom stereocenters. The maximum Gasteiger partial charge on any atom is 0.261 e. The maximum absolute atomic E-state index is 13.9. The minimum Gasteiger partial charge on any atom is -0.508 e. The molecule has 282 valence electrons. The van der Waals surface area contributed by atoms with Crippen LogP contribution in [0.4, 0.5) is 0 Å². The van der Waals surface area contributed by atoms with Crippen molar-refractivity contribution in [1.29, 1.82) is 0 Å². The van der Waals surface area contributed by atoms with E-state index in [-0.39, 0.29) is 48.7 Å². The number of rotatable bonds is 14. The summed E-state index contributed by atoms with van der Waals surface area (Å²) in [5.74, 6) is -2.48. The molecule has 0 radical (unpaired) electrons. The molecule has 1 fully saturated rings. The molecular formula is C45H52N2O6Si. The predicted molar refractivity (Wildman–Crippen MR) is 215 cm³/mol. The minimum absolute atomic E-state index is 0.140. The van der Waals surface area contributed by atoms with Crippen molar-refractivity contribution in [2.75, 3.05) is 19.8 Å². The fraction of sp³-hybridized carbons (Fsp3) is 0.356. The quantitative estimate of drug-likeness (QED) is 0.0781. The van der Waals surface area contributed by atoms with Gasteiger partial charge < -0.3 is 19.7 Å². The summed E-state index contributed by atoms with van der Waals surface area (Å²) >= 11 is 0. The van der Waals surface area contributed by atoms with E-state index in [2.05, 4.69) is 50.0 Å². The Morgan fingerprint density at radius 2 is 1.61 bits per heavy atom. The first-order chi connectivity index (χ1) is 26.0. The maximum atomic E-state index is 13.9. The Morgan fingerprint density at radius 3 is 2.19 bits per heavy atom. The number of phenols is 1. The van der Waals surface area contributed by atoms with Gasteiger partial charge in [0.05, 0.1) is 36.8 Å². The lowest BCUT2D eigenvalue weighted by atomic mass is 9.68. The van der Waals surface area contributed by atoms with Crippen molar-refractivity contribution in [2.24, 2.45) is 17.8 Å². The van der Waals surface area contributed by atoms with Gasteiger partial charge in [-0.2, -0.15) is 0 Å². The molecule has 1 saturated heterocycles. The number of aromatic hydroxyl groups is 1. The lowest BCUT2D eigenvalue weighted by Gasteiger charge is -2.44. The molecule has 0 spiro atoms. The monoisotopic (exact) mass is 744 g/mol. The molecule has 2 amide bonds. The summed E-state index contributed by atoms with van der Waals surface area (Å²) < 4.78 is 7.38. The number of carbonyl (C=O) groups is 2. The normalized spacial score (nSPS) is 20.0. The second-order valence-electron chi connectivity index (χ2n) is 15.5. The molecule has 9 heteroatoms. The fourth-order valence-electron chi connectivity index (χ4n) is 8.65. The molecule has 1 aliphatic heterocycles. The number of pyridine rings is 1. The highest BCUT2D eigenvalue weighted by atomic mass is 28.4. The number of likely N-dealkylation sites (tertiary alicyclic amines) is 1. The topological polar surface area (TPSA) is 120 Å². The first-order valence-corrected chi connectivity index (χ1v) is 20.9. The molecule has 54 heavy (non-hydrogen) atoms. The van der Waals surface area contributed by atoms with Gasteiger partial charge in [0.1, 0.15) is 5.75 Å². The van der Waals surface area contributed by atoms with Crippen LogP contribution in [0.2, 0.25) is 5.04 Å². The number of imide groups is 1. The van der Waals surface area contributed by atoms with E-state index in [0.29, 0.717) is 25.0 Å². The molecule has 6 rings (SSSR count). The molecule has 3 aromatic carbocycles. The first-order valence-electron chi connectivity index (χ1n) is 19.0. The highest BCUT2D eigenvalue weighted by Gasteiger charge is 2.56. The van der Waals surface area contributed by atoms with Crippen LogP contribution in [-0.4, -0.2) is 71.2 Å². The van der Waals surface area contributed by atoms with Gasteiger partial charge in [0.25, 0.3) is 8.32 Å². The summed E-state index contributed by atoms with van der Waals surface area (Å²) in [4.78, 5) is 33.7. The molecule has 1 aromatic heterocycles. The van der Waals surface area contributed by atoms with Crippen molar-refractivity contribution >= 4 is 42.2 Å². The number of aliphatic hydroxyl groups excluding tert-OH is 2. The number of aliphatic hydroxyl groups is 2. The van der Waals surface area contributed by atoms with Crippen LogP contribution >= 0.6 is 0 Å². The Morgan fingerprint density at radius 1 is 0.944 bits per heavy atom. The highest BCUT2D eigenvalue weighted by molar-refractivity contribution is 6.99. The van der Waals surface area contributed by atoms with Gasteiger partial charge in [-0.05, 0) is 93.7 Å². The lowest BCUT2D eigenvalue weighted by molar-refractivity contribution is -0.140. The Balaban J connectivity index is 1.43. The summed E-state index contributed by atoms with van der Waals surface area (Å²) in [6, 6.07) is 33.3. The molecule has 2 heterocycles.